The van der Waals surface area contributed by atoms with Gasteiger partial charge in [0.15, 0.2) is 0 Å². The van der Waals surface area contributed by atoms with E-state index in [0.717, 1.165) is 12.1 Å². The second kappa shape index (κ2) is 7.15. The monoisotopic (exact) mass is 366 g/mol. The number of rotatable bonds is 4. The molecule has 26 heavy (non-hydrogen) atoms. The van der Waals surface area contributed by atoms with Crippen molar-refractivity contribution < 1.29 is 38.9 Å². The molecule has 0 spiro atoms. The van der Waals surface area contributed by atoms with Gasteiger partial charge in [-0.25, -0.2) is 19.2 Å². The standard InChI is InChI=1S/C18H22O8/c1-17(2,3)25-15(23)10-7-9(13(19)20)8-11(12(10)14(21)22)16(24)26-18(4,5)6/h7-8H,1-6H3,(H,19,20)(H,21,22). The van der Waals surface area contributed by atoms with E-state index in [1.807, 2.05) is 0 Å². The first-order valence-corrected chi connectivity index (χ1v) is 7.73. The van der Waals surface area contributed by atoms with Crippen molar-refractivity contribution in [3.05, 3.63) is 34.4 Å². The molecule has 0 fully saturated rings. The number of esters is 2. The Morgan fingerprint density at radius 2 is 1.08 bits per heavy atom. The van der Waals surface area contributed by atoms with Gasteiger partial charge in [-0.1, -0.05) is 0 Å². The Morgan fingerprint density at radius 1 is 0.731 bits per heavy atom. The summed E-state index contributed by atoms with van der Waals surface area (Å²) in [4.78, 5) is 47.8. The molecule has 0 bridgehead atoms. The van der Waals surface area contributed by atoms with E-state index in [0.29, 0.717) is 0 Å². The van der Waals surface area contributed by atoms with Gasteiger partial charge in [-0.15, -0.1) is 0 Å². The molecule has 0 aliphatic heterocycles. The Balaban J connectivity index is 3.68. The molecule has 8 heteroatoms. The fraction of sp³-hybridized carbons (Fsp3) is 0.444. The lowest BCUT2D eigenvalue weighted by atomic mass is 9.96. The minimum Gasteiger partial charge on any atom is -0.478 e. The number of ether oxygens (including phenoxy) is 2. The maximum atomic E-state index is 12.4. The molecule has 1 aromatic carbocycles. The van der Waals surface area contributed by atoms with Crippen LogP contribution in [0, 0.1) is 0 Å². The average Bonchev–Trinajstić information content (AvgIpc) is 2.41. The predicted octanol–water partition coefficient (Wildman–Crippen LogP) is 2.99. The third-order valence-corrected chi connectivity index (χ3v) is 2.84. The van der Waals surface area contributed by atoms with E-state index < -0.39 is 57.3 Å². The van der Waals surface area contributed by atoms with E-state index in [-0.39, 0.29) is 0 Å². The van der Waals surface area contributed by atoms with Gasteiger partial charge in [0.2, 0.25) is 0 Å². The van der Waals surface area contributed by atoms with Crippen molar-refractivity contribution in [1.82, 2.24) is 0 Å². The quantitative estimate of drug-likeness (QED) is 0.779. The van der Waals surface area contributed by atoms with E-state index in [1.54, 1.807) is 41.5 Å². The summed E-state index contributed by atoms with van der Waals surface area (Å²) in [6.07, 6.45) is 0. The lowest BCUT2D eigenvalue weighted by molar-refractivity contribution is 0.00639. The van der Waals surface area contributed by atoms with Gasteiger partial charge in [-0.05, 0) is 53.7 Å². The van der Waals surface area contributed by atoms with Crippen LogP contribution in [0.3, 0.4) is 0 Å². The second-order valence-electron chi connectivity index (χ2n) is 7.56. The number of benzene rings is 1. The third kappa shape index (κ3) is 5.58. The molecule has 8 nitrogen and oxygen atoms in total. The fourth-order valence-electron chi connectivity index (χ4n) is 1.98. The minimum atomic E-state index is -1.58. The summed E-state index contributed by atoms with van der Waals surface area (Å²) in [5, 5.41) is 18.7. The van der Waals surface area contributed by atoms with Gasteiger partial charge in [0.1, 0.15) is 11.2 Å². The Bertz CT molecular complexity index is 713. The first-order chi connectivity index (χ1) is 11.6. The van der Waals surface area contributed by atoms with Gasteiger partial charge >= 0.3 is 23.9 Å². The molecule has 0 radical (unpaired) electrons. The van der Waals surface area contributed by atoms with E-state index in [9.17, 15) is 29.4 Å². The van der Waals surface area contributed by atoms with Crippen LogP contribution in [0.1, 0.15) is 83.0 Å². The average molecular weight is 366 g/mol. The molecule has 0 saturated heterocycles. The van der Waals surface area contributed by atoms with Crippen LogP contribution in [0.25, 0.3) is 0 Å². The van der Waals surface area contributed by atoms with Gasteiger partial charge in [0.25, 0.3) is 0 Å². The molecule has 0 saturated carbocycles. The molecule has 0 amide bonds. The van der Waals surface area contributed by atoms with E-state index in [1.165, 1.54) is 0 Å². The van der Waals surface area contributed by atoms with Crippen LogP contribution in [0.2, 0.25) is 0 Å². The van der Waals surface area contributed by atoms with Crippen molar-refractivity contribution in [1.29, 1.82) is 0 Å². The van der Waals surface area contributed by atoms with Gasteiger partial charge in [0, 0.05) is 0 Å². The van der Waals surface area contributed by atoms with E-state index in [2.05, 4.69) is 0 Å². The Kier molecular flexibility index (Phi) is 5.81. The summed E-state index contributed by atoms with van der Waals surface area (Å²) < 4.78 is 10.3. The zero-order valence-electron chi connectivity index (χ0n) is 15.5. The van der Waals surface area contributed by atoms with Crippen LogP contribution in [0.4, 0.5) is 0 Å². The first-order valence-electron chi connectivity index (χ1n) is 7.73. The highest BCUT2D eigenvalue weighted by molar-refractivity contribution is 6.11. The van der Waals surface area contributed by atoms with Crippen LogP contribution in [0.15, 0.2) is 12.1 Å². The maximum absolute atomic E-state index is 12.4. The molecule has 0 aromatic heterocycles. The van der Waals surface area contributed by atoms with Crippen LogP contribution in [0.5, 0.6) is 0 Å². The highest BCUT2D eigenvalue weighted by Crippen LogP contribution is 2.24. The Hall–Kier alpha value is -2.90. The number of carbonyl (C=O) groups is 4. The number of hydrogen-bond acceptors (Lipinski definition) is 6. The number of hydrogen-bond donors (Lipinski definition) is 2. The molecule has 1 aromatic rings. The molecule has 0 unspecified atom stereocenters. The van der Waals surface area contributed by atoms with Gasteiger partial charge in [-0.3, -0.25) is 0 Å². The summed E-state index contributed by atoms with van der Waals surface area (Å²) in [6.45, 7) is 9.42. The van der Waals surface area contributed by atoms with Crippen molar-refractivity contribution in [2.45, 2.75) is 52.7 Å². The van der Waals surface area contributed by atoms with E-state index in [4.69, 9.17) is 9.47 Å². The van der Waals surface area contributed by atoms with Gasteiger partial charge < -0.3 is 19.7 Å². The molecule has 1 rings (SSSR count). The summed E-state index contributed by atoms with van der Waals surface area (Å²) in [7, 11) is 0. The third-order valence-electron chi connectivity index (χ3n) is 2.84. The Labute approximate surface area is 150 Å². The predicted molar refractivity (Wildman–Crippen MR) is 90.7 cm³/mol. The normalized spacial score (nSPS) is 11.6. The molecule has 0 aliphatic carbocycles. The minimum absolute atomic E-state index is 0.434. The molecule has 0 aliphatic rings. The van der Waals surface area contributed by atoms with Crippen LogP contribution in [-0.4, -0.2) is 45.3 Å². The first kappa shape index (κ1) is 21.1. The van der Waals surface area contributed by atoms with Gasteiger partial charge in [-0.2, -0.15) is 0 Å². The zero-order chi connectivity index (χ0) is 20.4. The smallest absolute Gasteiger partial charge is 0.339 e. The molecule has 0 atom stereocenters. The largest absolute Gasteiger partial charge is 0.478 e. The lowest BCUT2D eigenvalue weighted by Crippen LogP contribution is -2.28. The summed E-state index contributed by atoms with van der Waals surface area (Å²) in [5.74, 6) is -5.12. The lowest BCUT2D eigenvalue weighted by Gasteiger charge is -2.22. The fourth-order valence-corrected chi connectivity index (χ4v) is 1.98. The summed E-state index contributed by atoms with van der Waals surface area (Å²) >= 11 is 0. The summed E-state index contributed by atoms with van der Waals surface area (Å²) in [5.41, 5.74) is -4.06. The molecular weight excluding hydrogens is 344 g/mol. The van der Waals surface area contributed by atoms with Crippen molar-refractivity contribution in [2.75, 3.05) is 0 Å². The maximum Gasteiger partial charge on any atom is 0.339 e. The molecular formula is C18H22O8. The van der Waals surface area contributed by atoms with Crippen molar-refractivity contribution in [2.24, 2.45) is 0 Å². The Morgan fingerprint density at radius 3 is 1.31 bits per heavy atom. The van der Waals surface area contributed by atoms with Crippen molar-refractivity contribution in [3.8, 4) is 0 Å². The van der Waals surface area contributed by atoms with Gasteiger partial charge in [0.05, 0.1) is 22.3 Å². The van der Waals surface area contributed by atoms with Crippen LogP contribution in [-0.2, 0) is 9.47 Å². The highest BCUT2D eigenvalue weighted by Gasteiger charge is 2.31. The number of carboxylic acid groups (broad SMARTS) is 2. The van der Waals surface area contributed by atoms with Crippen LogP contribution < -0.4 is 0 Å². The molecule has 0 heterocycles. The van der Waals surface area contributed by atoms with Crippen molar-refractivity contribution >= 4 is 23.9 Å². The van der Waals surface area contributed by atoms with E-state index >= 15 is 0 Å². The molecule has 142 valence electrons. The van der Waals surface area contributed by atoms with Crippen LogP contribution >= 0.6 is 0 Å². The second-order valence-corrected chi connectivity index (χ2v) is 7.56. The van der Waals surface area contributed by atoms with Crippen molar-refractivity contribution in [3.63, 3.8) is 0 Å². The number of carboxylic acids is 2. The topological polar surface area (TPSA) is 127 Å². The summed E-state index contributed by atoms with van der Waals surface area (Å²) in [6, 6.07) is 1.74. The molecule has 2 N–H and O–H groups in total. The zero-order valence-corrected chi connectivity index (χ0v) is 15.5. The highest BCUT2D eigenvalue weighted by atomic mass is 16.6. The number of aromatic carboxylic acids is 2. The number of carbonyl (C=O) groups excluding carboxylic acids is 2. The SMILES string of the molecule is CC(C)(C)OC(=O)c1cc(C(=O)O)cc(C(=O)OC(C)(C)C)c1C(=O)O.